The van der Waals surface area contributed by atoms with Crippen molar-refractivity contribution in [3.63, 3.8) is 0 Å². The van der Waals surface area contributed by atoms with Crippen molar-refractivity contribution in [2.24, 2.45) is 0 Å². The standard InChI is InChI=1S/C12H16N2/c1-8-7-14-11-9(5-6-13-11)10(8)12(2,3)4/h5-7H,1-4H3,(H,13,14). The van der Waals surface area contributed by atoms with Gasteiger partial charge in [0.05, 0.1) is 0 Å². The van der Waals surface area contributed by atoms with E-state index in [4.69, 9.17) is 0 Å². The minimum Gasteiger partial charge on any atom is -0.346 e. The van der Waals surface area contributed by atoms with E-state index >= 15 is 0 Å². The van der Waals surface area contributed by atoms with Crippen LogP contribution in [0.3, 0.4) is 0 Å². The zero-order chi connectivity index (χ0) is 10.3. The Morgan fingerprint density at radius 3 is 2.64 bits per heavy atom. The Morgan fingerprint density at radius 1 is 1.29 bits per heavy atom. The van der Waals surface area contributed by atoms with Crippen LogP contribution in [0.1, 0.15) is 31.9 Å². The van der Waals surface area contributed by atoms with E-state index in [1.54, 1.807) is 0 Å². The smallest absolute Gasteiger partial charge is 0.137 e. The zero-order valence-electron chi connectivity index (χ0n) is 9.18. The molecule has 2 aromatic heterocycles. The maximum atomic E-state index is 4.36. The molecule has 2 nitrogen and oxygen atoms in total. The summed E-state index contributed by atoms with van der Waals surface area (Å²) in [5.74, 6) is 0. The number of nitrogens with one attached hydrogen (secondary N) is 1. The monoisotopic (exact) mass is 188 g/mol. The van der Waals surface area contributed by atoms with Gasteiger partial charge in [-0.2, -0.15) is 0 Å². The van der Waals surface area contributed by atoms with E-state index in [1.807, 2.05) is 12.4 Å². The first-order valence-electron chi connectivity index (χ1n) is 4.93. The van der Waals surface area contributed by atoms with E-state index in [0.29, 0.717) is 0 Å². The van der Waals surface area contributed by atoms with Gasteiger partial charge in [0.2, 0.25) is 0 Å². The summed E-state index contributed by atoms with van der Waals surface area (Å²) in [6.07, 6.45) is 3.89. The molecule has 0 aliphatic heterocycles. The molecule has 0 saturated heterocycles. The van der Waals surface area contributed by atoms with E-state index in [1.165, 1.54) is 16.5 Å². The van der Waals surface area contributed by atoms with Crippen molar-refractivity contribution in [1.82, 2.24) is 9.97 Å². The predicted octanol–water partition coefficient (Wildman–Crippen LogP) is 3.17. The third kappa shape index (κ3) is 1.31. The highest BCUT2D eigenvalue weighted by Gasteiger charge is 2.19. The number of hydrogen-bond donors (Lipinski definition) is 1. The van der Waals surface area contributed by atoms with E-state index < -0.39 is 0 Å². The lowest BCUT2D eigenvalue weighted by molar-refractivity contribution is 0.591. The van der Waals surface area contributed by atoms with Crippen molar-refractivity contribution in [2.75, 3.05) is 0 Å². The molecule has 0 saturated carbocycles. The van der Waals surface area contributed by atoms with E-state index in [9.17, 15) is 0 Å². The van der Waals surface area contributed by atoms with Crippen LogP contribution < -0.4 is 0 Å². The van der Waals surface area contributed by atoms with Crippen molar-refractivity contribution in [1.29, 1.82) is 0 Å². The zero-order valence-corrected chi connectivity index (χ0v) is 9.18. The van der Waals surface area contributed by atoms with Crippen LogP contribution in [-0.2, 0) is 5.41 Å². The van der Waals surface area contributed by atoms with Gasteiger partial charge in [-0.15, -0.1) is 0 Å². The predicted molar refractivity (Wildman–Crippen MR) is 59.5 cm³/mol. The molecule has 0 aliphatic rings. The summed E-state index contributed by atoms with van der Waals surface area (Å²) in [4.78, 5) is 7.51. The maximum absolute atomic E-state index is 4.36. The van der Waals surface area contributed by atoms with E-state index in [2.05, 4.69) is 43.7 Å². The highest BCUT2D eigenvalue weighted by Crippen LogP contribution is 2.31. The van der Waals surface area contributed by atoms with Gasteiger partial charge in [0.1, 0.15) is 5.65 Å². The third-order valence-electron chi connectivity index (χ3n) is 2.53. The molecule has 0 unspecified atom stereocenters. The number of nitrogens with zero attached hydrogens (tertiary/aromatic N) is 1. The summed E-state index contributed by atoms with van der Waals surface area (Å²) in [6, 6.07) is 2.11. The van der Waals surface area contributed by atoms with Gasteiger partial charge in [0.15, 0.2) is 0 Å². The Hall–Kier alpha value is -1.31. The average molecular weight is 188 g/mol. The number of aromatic nitrogens is 2. The van der Waals surface area contributed by atoms with Crippen molar-refractivity contribution in [3.8, 4) is 0 Å². The van der Waals surface area contributed by atoms with Crippen LogP contribution >= 0.6 is 0 Å². The lowest BCUT2D eigenvalue weighted by Crippen LogP contribution is -2.13. The van der Waals surface area contributed by atoms with Crippen LogP contribution in [0, 0.1) is 6.92 Å². The van der Waals surface area contributed by atoms with Gasteiger partial charge in [-0.05, 0) is 29.5 Å². The number of hydrogen-bond acceptors (Lipinski definition) is 1. The summed E-state index contributed by atoms with van der Waals surface area (Å²) < 4.78 is 0. The van der Waals surface area contributed by atoms with Crippen LogP contribution in [0.4, 0.5) is 0 Å². The molecule has 0 aromatic carbocycles. The Morgan fingerprint density at radius 2 is 2.00 bits per heavy atom. The Kier molecular flexibility index (Phi) is 1.88. The summed E-state index contributed by atoms with van der Waals surface area (Å²) in [6.45, 7) is 8.84. The first-order valence-corrected chi connectivity index (χ1v) is 4.93. The van der Waals surface area contributed by atoms with Crippen molar-refractivity contribution < 1.29 is 0 Å². The highest BCUT2D eigenvalue weighted by atomic mass is 14.8. The molecule has 0 aliphatic carbocycles. The molecule has 2 heterocycles. The van der Waals surface area contributed by atoms with Crippen LogP contribution in [0.5, 0.6) is 0 Å². The van der Waals surface area contributed by atoms with Crippen LogP contribution in [-0.4, -0.2) is 9.97 Å². The molecule has 2 aromatic rings. The van der Waals surface area contributed by atoms with Crippen molar-refractivity contribution in [3.05, 3.63) is 29.6 Å². The van der Waals surface area contributed by atoms with Gasteiger partial charge in [0.25, 0.3) is 0 Å². The topological polar surface area (TPSA) is 28.7 Å². The molecule has 0 atom stereocenters. The van der Waals surface area contributed by atoms with Gasteiger partial charge in [-0.25, -0.2) is 4.98 Å². The molecular weight excluding hydrogens is 172 g/mol. The minimum atomic E-state index is 0.174. The molecule has 0 fully saturated rings. The Labute approximate surface area is 84.4 Å². The number of aryl methyl sites for hydroxylation is 1. The van der Waals surface area contributed by atoms with Gasteiger partial charge >= 0.3 is 0 Å². The van der Waals surface area contributed by atoms with Crippen LogP contribution in [0.25, 0.3) is 11.0 Å². The Balaban J connectivity index is 2.83. The molecule has 74 valence electrons. The van der Waals surface area contributed by atoms with E-state index in [0.717, 1.165) is 5.65 Å². The fourth-order valence-corrected chi connectivity index (χ4v) is 2.10. The first-order chi connectivity index (χ1) is 6.50. The van der Waals surface area contributed by atoms with Gasteiger partial charge in [-0.3, -0.25) is 0 Å². The first kappa shape index (κ1) is 9.25. The molecule has 2 heteroatoms. The molecule has 0 spiro atoms. The second kappa shape index (κ2) is 2.84. The number of H-pyrrole nitrogens is 1. The van der Waals surface area contributed by atoms with Crippen LogP contribution in [0.2, 0.25) is 0 Å². The molecule has 0 radical (unpaired) electrons. The molecule has 2 rings (SSSR count). The SMILES string of the molecule is Cc1cnc2[nH]ccc2c1C(C)(C)C. The fraction of sp³-hybridized carbons (Fsp3) is 0.417. The summed E-state index contributed by atoms with van der Waals surface area (Å²) >= 11 is 0. The third-order valence-corrected chi connectivity index (χ3v) is 2.53. The number of rotatable bonds is 0. The van der Waals surface area contributed by atoms with E-state index in [-0.39, 0.29) is 5.41 Å². The average Bonchev–Trinajstić information content (AvgIpc) is 2.48. The number of aromatic amines is 1. The lowest BCUT2D eigenvalue weighted by atomic mass is 9.83. The summed E-state index contributed by atoms with van der Waals surface area (Å²) in [5, 5.41) is 1.25. The van der Waals surface area contributed by atoms with Crippen molar-refractivity contribution >= 4 is 11.0 Å². The fourth-order valence-electron chi connectivity index (χ4n) is 2.10. The lowest BCUT2D eigenvalue weighted by Gasteiger charge is -2.22. The maximum Gasteiger partial charge on any atom is 0.137 e. The largest absolute Gasteiger partial charge is 0.346 e. The van der Waals surface area contributed by atoms with Crippen LogP contribution in [0.15, 0.2) is 18.5 Å². The number of fused-ring (bicyclic) bond motifs is 1. The normalized spacial score (nSPS) is 12.3. The second-order valence-electron chi connectivity index (χ2n) is 4.81. The van der Waals surface area contributed by atoms with Gasteiger partial charge < -0.3 is 4.98 Å². The molecular formula is C12H16N2. The number of pyridine rings is 1. The second-order valence-corrected chi connectivity index (χ2v) is 4.81. The van der Waals surface area contributed by atoms with Gasteiger partial charge in [-0.1, -0.05) is 20.8 Å². The summed E-state index contributed by atoms with van der Waals surface area (Å²) in [5.41, 5.74) is 3.82. The molecule has 14 heavy (non-hydrogen) atoms. The molecule has 0 amide bonds. The quantitative estimate of drug-likeness (QED) is 0.676. The van der Waals surface area contributed by atoms with Gasteiger partial charge in [0, 0.05) is 17.8 Å². The minimum absolute atomic E-state index is 0.174. The molecule has 0 bridgehead atoms. The Bertz CT molecular complexity index is 461. The molecule has 1 N–H and O–H groups in total. The van der Waals surface area contributed by atoms with Crippen molar-refractivity contribution in [2.45, 2.75) is 33.1 Å². The summed E-state index contributed by atoms with van der Waals surface area (Å²) in [7, 11) is 0. The highest BCUT2D eigenvalue weighted by molar-refractivity contribution is 5.81.